The predicted molar refractivity (Wildman–Crippen MR) is 56.7 cm³/mol. The van der Waals surface area contributed by atoms with Crippen LogP contribution in [-0.4, -0.2) is 50.6 Å². The summed E-state index contributed by atoms with van der Waals surface area (Å²) >= 11 is 3.81. The topological polar surface area (TPSA) is 124 Å². The van der Waals surface area contributed by atoms with E-state index in [0.717, 1.165) is 6.92 Å². The lowest BCUT2D eigenvalue weighted by molar-refractivity contribution is -0.159. The van der Waals surface area contributed by atoms with Crippen LogP contribution in [0.15, 0.2) is 0 Å². The van der Waals surface area contributed by atoms with Gasteiger partial charge in [-0.3, -0.25) is 10.1 Å². The molecule has 0 saturated heterocycles. The monoisotopic (exact) mass is 251 g/mol. The average molecular weight is 251 g/mol. The Hall–Kier alpha value is -1.28. The zero-order valence-electron chi connectivity index (χ0n) is 8.51. The van der Waals surface area contributed by atoms with Crippen LogP contribution in [0.25, 0.3) is 0 Å². The van der Waals surface area contributed by atoms with Gasteiger partial charge in [-0.25, -0.2) is 9.59 Å². The number of aliphatic carboxylic acids is 3. The Morgan fingerprint density at radius 1 is 1.25 bits per heavy atom. The van der Waals surface area contributed by atoms with Gasteiger partial charge in [-0.05, 0) is 19.1 Å². The van der Waals surface area contributed by atoms with Gasteiger partial charge in [0.15, 0.2) is 0 Å². The van der Waals surface area contributed by atoms with E-state index in [0.29, 0.717) is 0 Å². The number of rotatable bonds is 7. The van der Waals surface area contributed by atoms with Crippen molar-refractivity contribution >= 4 is 30.5 Å². The zero-order valence-corrected chi connectivity index (χ0v) is 9.40. The summed E-state index contributed by atoms with van der Waals surface area (Å²) in [6.07, 6.45) is 0.0224. The molecule has 4 N–H and O–H groups in total. The molecular weight excluding hydrogens is 238 g/mol. The smallest absolute Gasteiger partial charge is 0.335 e. The van der Waals surface area contributed by atoms with Gasteiger partial charge in [0.1, 0.15) is 6.04 Å². The third-order valence-electron chi connectivity index (χ3n) is 2.03. The van der Waals surface area contributed by atoms with Gasteiger partial charge in [0, 0.05) is 0 Å². The molecule has 0 aliphatic heterocycles. The van der Waals surface area contributed by atoms with Gasteiger partial charge in [0.05, 0.1) is 0 Å². The molecule has 0 aromatic rings. The molecule has 0 rings (SSSR count). The lowest BCUT2D eigenvalue weighted by atomic mass is 10.0. The summed E-state index contributed by atoms with van der Waals surface area (Å²) in [5.74, 6) is -4.42. The number of carboxylic acids is 3. The van der Waals surface area contributed by atoms with Crippen LogP contribution in [0, 0.1) is 0 Å². The van der Waals surface area contributed by atoms with Gasteiger partial charge in [-0.2, -0.15) is 12.6 Å². The predicted octanol–water partition coefficient (Wildman–Crippen LogP) is -0.723. The Bertz CT molecular complexity index is 291. The van der Waals surface area contributed by atoms with Crippen molar-refractivity contribution in [1.29, 1.82) is 0 Å². The lowest BCUT2D eigenvalue weighted by Crippen LogP contribution is -2.61. The second kappa shape index (κ2) is 5.71. The maximum absolute atomic E-state index is 10.8. The van der Waals surface area contributed by atoms with E-state index in [9.17, 15) is 14.4 Å². The van der Waals surface area contributed by atoms with Gasteiger partial charge in [-0.15, -0.1) is 0 Å². The molecule has 0 aliphatic rings. The van der Waals surface area contributed by atoms with E-state index in [-0.39, 0.29) is 12.2 Å². The molecule has 0 bridgehead atoms. The van der Waals surface area contributed by atoms with E-state index < -0.39 is 29.5 Å². The highest BCUT2D eigenvalue weighted by Gasteiger charge is 2.44. The largest absolute Gasteiger partial charge is 0.480 e. The normalized spacial score (nSPS) is 13.1. The summed E-state index contributed by atoms with van der Waals surface area (Å²) in [4.78, 5) is 32.3. The Kier molecular flexibility index (Phi) is 5.25. The van der Waals surface area contributed by atoms with Crippen molar-refractivity contribution in [2.24, 2.45) is 0 Å². The molecule has 0 unspecified atom stereocenters. The minimum Gasteiger partial charge on any atom is -0.480 e. The molecule has 1 atom stereocenters. The van der Waals surface area contributed by atoms with Crippen molar-refractivity contribution in [2.75, 3.05) is 5.75 Å². The van der Waals surface area contributed by atoms with Crippen molar-refractivity contribution in [3.05, 3.63) is 0 Å². The summed E-state index contributed by atoms with van der Waals surface area (Å²) in [7, 11) is 0. The van der Waals surface area contributed by atoms with Gasteiger partial charge in [-0.1, -0.05) is 0 Å². The van der Waals surface area contributed by atoms with Gasteiger partial charge in [0.25, 0.3) is 0 Å². The van der Waals surface area contributed by atoms with E-state index in [4.69, 9.17) is 15.3 Å². The first-order valence-electron chi connectivity index (χ1n) is 4.34. The number of hydrogen-bond acceptors (Lipinski definition) is 5. The van der Waals surface area contributed by atoms with Gasteiger partial charge in [0.2, 0.25) is 5.54 Å². The molecule has 92 valence electrons. The molecule has 16 heavy (non-hydrogen) atoms. The highest BCUT2D eigenvalue weighted by atomic mass is 32.1. The third-order valence-corrected chi connectivity index (χ3v) is 2.29. The Balaban J connectivity index is 4.92. The van der Waals surface area contributed by atoms with Crippen LogP contribution in [0.4, 0.5) is 0 Å². The van der Waals surface area contributed by atoms with E-state index in [2.05, 4.69) is 17.9 Å². The molecule has 7 nitrogen and oxygen atoms in total. The van der Waals surface area contributed by atoms with Crippen LogP contribution >= 0.6 is 12.6 Å². The van der Waals surface area contributed by atoms with E-state index in [1.807, 2.05) is 0 Å². The number of carboxylic acid groups (broad SMARTS) is 3. The quantitative estimate of drug-likeness (QED) is 0.298. The minimum absolute atomic E-state index is 0.0224. The van der Waals surface area contributed by atoms with Crippen molar-refractivity contribution in [1.82, 2.24) is 5.32 Å². The number of nitrogens with one attached hydrogen (secondary N) is 1. The summed E-state index contributed by atoms with van der Waals surface area (Å²) in [5.41, 5.74) is -2.33. The van der Waals surface area contributed by atoms with E-state index >= 15 is 0 Å². The molecule has 0 amide bonds. The maximum Gasteiger partial charge on any atom is 0.335 e. The second-order valence-electron chi connectivity index (χ2n) is 3.28. The summed E-state index contributed by atoms with van der Waals surface area (Å²) in [6.45, 7) is 0.895. The first-order chi connectivity index (χ1) is 7.25. The fraction of sp³-hybridized carbons (Fsp3) is 0.625. The summed E-state index contributed by atoms with van der Waals surface area (Å²) in [6, 6.07) is -1.27. The fourth-order valence-electron chi connectivity index (χ4n) is 0.950. The van der Waals surface area contributed by atoms with Gasteiger partial charge < -0.3 is 15.3 Å². The molecule has 0 heterocycles. The highest BCUT2D eigenvalue weighted by molar-refractivity contribution is 7.80. The van der Waals surface area contributed by atoms with Crippen molar-refractivity contribution in [3.63, 3.8) is 0 Å². The Morgan fingerprint density at radius 2 is 1.69 bits per heavy atom. The van der Waals surface area contributed by atoms with Crippen molar-refractivity contribution in [2.45, 2.75) is 24.9 Å². The van der Waals surface area contributed by atoms with Gasteiger partial charge >= 0.3 is 17.9 Å². The van der Waals surface area contributed by atoms with Crippen molar-refractivity contribution < 1.29 is 29.7 Å². The van der Waals surface area contributed by atoms with E-state index in [1.54, 1.807) is 0 Å². The molecule has 0 aromatic carbocycles. The molecule has 0 aliphatic carbocycles. The zero-order chi connectivity index (χ0) is 12.9. The Morgan fingerprint density at radius 3 is 1.94 bits per heavy atom. The first kappa shape index (κ1) is 14.7. The maximum atomic E-state index is 10.8. The molecule has 0 radical (unpaired) electrons. The lowest BCUT2D eigenvalue weighted by Gasteiger charge is -2.25. The SMILES string of the molecule is CC(N[C@@H](CCS)C(=O)O)(C(=O)O)C(=O)O. The highest BCUT2D eigenvalue weighted by Crippen LogP contribution is 2.08. The van der Waals surface area contributed by atoms with Crippen LogP contribution in [-0.2, 0) is 14.4 Å². The number of carbonyl (C=O) groups is 3. The molecule has 0 saturated carbocycles. The molecule has 8 heteroatoms. The molecular formula is C8H13NO6S. The fourth-order valence-corrected chi connectivity index (χ4v) is 1.21. The summed E-state index contributed by atoms with van der Waals surface area (Å²) in [5, 5.41) is 28.3. The van der Waals surface area contributed by atoms with Crippen LogP contribution in [0.3, 0.4) is 0 Å². The Labute approximate surface area is 96.9 Å². The van der Waals surface area contributed by atoms with Crippen LogP contribution < -0.4 is 5.32 Å². The standard InChI is InChI=1S/C8H13NO6S/c1-8(6(12)13,7(14)15)9-4(2-3-16)5(10)11/h4,9,16H,2-3H2,1H3,(H,10,11)(H,12,13)(H,14,15)/t4-/m0/s1. The molecule has 0 aromatic heterocycles. The first-order valence-corrected chi connectivity index (χ1v) is 4.97. The third kappa shape index (κ3) is 3.38. The molecule has 0 fully saturated rings. The number of hydrogen-bond donors (Lipinski definition) is 5. The second-order valence-corrected chi connectivity index (χ2v) is 3.73. The van der Waals surface area contributed by atoms with Crippen LogP contribution in [0.2, 0.25) is 0 Å². The molecule has 0 spiro atoms. The minimum atomic E-state index is -2.33. The van der Waals surface area contributed by atoms with Crippen molar-refractivity contribution in [3.8, 4) is 0 Å². The summed E-state index contributed by atoms with van der Waals surface area (Å²) < 4.78 is 0. The average Bonchev–Trinajstić information content (AvgIpc) is 2.15. The van der Waals surface area contributed by atoms with Crippen LogP contribution in [0.5, 0.6) is 0 Å². The number of thiol groups is 1. The van der Waals surface area contributed by atoms with E-state index in [1.165, 1.54) is 0 Å². The van der Waals surface area contributed by atoms with Crippen LogP contribution in [0.1, 0.15) is 13.3 Å².